The fourth-order valence-corrected chi connectivity index (χ4v) is 8.22. The van der Waals surface area contributed by atoms with Crippen LogP contribution in [0.15, 0.2) is 12.2 Å². The summed E-state index contributed by atoms with van der Waals surface area (Å²) in [6, 6.07) is 0. The van der Waals surface area contributed by atoms with Gasteiger partial charge in [0.15, 0.2) is 16.6 Å². The molecular formula is C14H32O4Si3. The predicted octanol–water partition coefficient (Wildman–Crippen LogP) is 3.00. The minimum Gasteiger partial charge on any atom is -0.463 e. The van der Waals surface area contributed by atoms with Crippen LogP contribution in [0.25, 0.3) is 0 Å². The Morgan fingerprint density at radius 2 is 1.52 bits per heavy atom. The summed E-state index contributed by atoms with van der Waals surface area (Å²) in [4.78, 5) is 11.7. The summed E-state index contributed by atoms with van der Waals surface area (Å²) in [6.07, 6.45) is 0.797. The van der Waals surface area contributed by atoms with Gasteiger partial charge in [-0.2, -0.15) is 0 Å². The first-order valence-electron chi connectivity index (χ1n) is 7.56. The number of carbonyl (C=O) groups is 1. The summed E-state index contributed by atoms with van der Waals surface area (Å²) in [5.41, 5.74) is 0.378. The van der Waals surface area contributed by atoms with Gasteiger partial charge in [0.05, 0.1) is 5.73 Å². The van der Waals surface area contributed by atoms with Crippen molar-refractivity contribution < 1.29 is 18.4 Å². The fraction of sp³-hybridized carbons (Fsp3) is 0.786. The van der Waals surface area contributed by atoms with Gasteiger partial charge >= 0.3 is 5.97 Å². The van der Waals surface area contributed by atoms with Gasteiger partial charge in [-0.25, -0.2) is 4.79 Å². The van der Waals surface area contributed by atoms with E-state index in [1.54, 1.807) is 6.92 Å². The van der Waals surface area contributed by atoms with Gasteiger partial charge in [-0.15, -0.1) is 0 Å². The zero-order valence-corrected chi connectivity index (χ0v) is 18.3. The van der Waals surface area contributed by atoms with E-state index in [4.69, 9.17) is 13.6 Å². The molecule has 21 heavy (non-hydrogen) atoms. The van der Waals surface area contributed by atoms with Crippen LogP contribution in [0.4, 0.5) is 0 Å². The number of hydrogen-bond acceptors (Lipinski definition) is 4. The molecule has 0 bridgehead atoms. The first-order chi connectivity index (χ1) is 9.34. The van der Waals surface area contributed by atoms with Crippen molar-refractivity contribution in [1.29, 1.82) is 0 Å². The van der Waals surface area contributed by atoms with Gasteiger partial charge in [0, 0.05) is 5.57 Å². The molecule has 0 spiro atoms. The first-order valence-corrected chi connectivity index (χ1v) is 16.0. The van der Waals surface area contributed by atoms with Crippen molar-refractivity contribution in [3.05, 3.63) is 12.2 Å². The molecule has 1 atom stereocenters. The molecule has 0 saturated carbocycles. The van der Waals surface area contributed by atoms with E-state index in [0.29, 0.717) is 5.57 Å². The Hall–Kier alpha value is -0.219. The van der Waals surface area contributed by atoms with Crippen molar-refractivity contribution in [1.82, 2.24) is 0 Å². The molecule has 0 aliphatic heterocycles. The van der Waals surface area contributed by atoms with Crippen LogP contribution in [-0.2, 0) is 18.4 Å². The smallest absolute Gasteiger partial charge is 0.333 e. The molecule has 124 valence electrons. The highest BCUT2D eigenvalue weighted by Gasteiger charge is 2.30. The molecule has 0 aliphatic rings. The van der Waals surface area contributed by atoms with E-state index in [0.717, 1.165) is 6.42 Å². The van der Waals surface area contributed by atoms with Crippen LogP contribution < -0.4 is 0 Å². The number of hydrogen-bond donors (Lipinski definition) is 0. The first kappa shape index (κ1) is 20.8. The van der Waals surface area contributed by atoms with Gasteiger partial charge < -0.3 is 13.6 Å². The molecule has 0 aromatic heterocycles. The minimum absolute atomic E-state index is 0.0631. The molecule has 0 aromatic carbocycles. The van der Waals surface area contributed by atoms with Crippen LogP contribution in [0.2, 0.25) is 39.3 Å². The monoisotopic (exact) mass is 348 g/mol. The van der Waals surface area contributed by atoms with Crippen LogP contribution in [0.5, 0.6) is 0 Å². The molecular weight excluding hydrogens is 316 g/mol. The highest BCUT2D eigenvalue weighted by atomic mass is 28.4. The summed E-state index contributed by atoms with van der Waals surface area (Å²) in [6.45, 7) is 20.3. The van der Waals surface area contributed by atoms with E-state index in [1.807, 2.05) is 6.92 Å². The molecule has 0 radical (unpaired) electrons. The lowest BCUT2D eigenvalue weighted by molar-refractivity contribution is -0.141. The number of ether oxygens (including phenoxy) is 1. The largest absolute Gasteiger partial charge is 0.463 e. The molecule has 0 amide bonds. The molecule has 1 unspecified atom stereocenters. The van der Waals surface area contributed by atoms with Gasteiger partial charge in [-0.1, -0.05) is 13.5 Å². The highest BCUT2D eigenvalue weighted by Crippen LogP contribution is 2.16. The van der Waals surface area contributed by atoms with Crippen LogP contribution in [0.3, 0.4) is 0 Å². The Morgan fingerprint density at radius 1 is 1.10 bits per heavy atom. The maximum atomic E-state index is 11.7. The second-order valence-corrected chi connectivity index (χ2v) is 18.3. The second-order valence-electron chi connectivity index (χ2n) is 7.34. The Labute approximate surface area is 134 Å². The van der Waals surface area contributed by atoms with E-state index in [-0.39, 0.29) is 17.6 Å². The maximum absolute atomic E-state index is 11.7. The third-order valence-corrected chi connectivity index (χ3v) is 7.10. The van der Waals surface area contributed by atoms with Crippen LogP contribution in [-0.4, -0.2) is 43.8 Å². The Kier molecular flexibility index (Phi) is 8.33. The van der Waals surface area contributed by atoms with Crippen molar-refractivity contribution in [2.75, 3.05) is 0 Å². The summed E-state index contributed by atoms with van der Waals surface area (Å²) in [5, 5.41) is 0. The average Bonchev–Trinajstić information content (AvgIpc) is 2.22. The predicted molar refractivity (Wildman–Crippen MR) is 96.2 cm³/mol. The van der Waals surface area contributed by atoms with Crippen LogP contribution >= 0.6 is 0 Å². The number of rotatable bonds is 9. The Morgan fingerprint density at radius 3 is 1.81 bits per heavy atom. The van der Waals surface area contributed by atoms with Gasteiger partial charge in [0.2, 0.25) is 0 Å². The zero-order chi connectivity index (χ0) is 16.8. The minimum atomic E-state index is -1.69. The molecule has 0 saturated heterocycles. The van der Waals surface area contributed by atoms with E-state index in [2.05, 4.69) is 45.9 Å². The Balaban J connectivity index is 4.82. The van der Waals surface area contributed by atoms with E-state index in [9.17, 15) is 4.79 Å². The van der Waals surface area contributed by atoms with Gasteiger partial charge in [0.25, 0.3) is 0 Å². The number of carbonyl (C=O) groups excluding carboxylic acids is 1. The molecule has 4 nitrogen and oxygen atoms in total. The normalized spacial score (nSPS) is 14.7. The third kappa shape index (κ3) is 11.1. The lowest BCUT2D eigenvalue weighted by Gasteiger charge is -2.33. The summed E-state index contributed by atoms with van der Waals surface area (Å²) >= 11 is 0. The lowest BCUT2D eigenvalue weighted by Crippen LogP contribution is -2.46. The zero-order valence-electron chi connectivity index (χ0n) is 14.9. The average molecular weight is 349 g/mol. The van der Waals surface area contributed by atoms with E-state index >= 15 is 0 Å². The summed E-state index contributed by atoms with van der Waals surface area (Å²) < 4.78 is 17.9. The molecule has 7 heteroatoms. The summed E-state index contributed by atoms with van der Waals surface area (Å²) in [7, 11) is -4.23. The van der Waals surface area contributed by atoms with Crippen LogP contribution in [0, 0.1) is 0 Å². The third-order valence-electron chi connectivity index (χ3n) is 2.50. The molecule has 0 heterocycles. The SMILES string of the molecule is C=C(C)C(=O)OC(CC)[SiH2]C(O[Si](C)(C)C)O[Si](C)(C)C. The molecule has 0 aromatic rings. The maximum Gasteiger partial charge on any atom is 0.333 e. The van der Waals surface area contributed by atoms with Crippen molar-refractivity contribution >= 4 is 32.1 Å². The lowest BCUT2D eigenvalue weighted by atomic mass is 10.4. The molecule has 0 aliphatic carbocycles. The Bertz CT molecular complexity index is 342. The van der Waals surface area contributed by atoms with Gasteiger partial charge in [0.1, 0.15) is 15.4 Å². The quantitative estimate of drug-likeness (QED) is 0.278. The van der Waals surface area contributed by atoms with Crippen molar-refractivity contribution in [3.63, 3.8) is 0 Å². The van der Waals surface area contributed by atoms with Crippen LogP contribution in [0.1, 0.15) is 20.3 Å². The van der Waals surface area contributed by atoms with Crippen molar-refractivity contribution in [2.45, 2.75) is 71.2 Å². The summed E-state index contributed by atoms with van der Waals surface area (Å²) in [5.74, 6) is -0.472. The fourth-order valence-electron chi connectivity index (χ4n) is 1.67. The molecule has 0 fully saturated rings. The molecule has 0 rings (SSSR count). The van der Waals surface area contributed by atoms with E-state index < -0.39 is 26.2 Å². The number of esters is 1. The van der Waals surface area contributed by atoms with Crippen molar-refractivity contribution in [2.24, 2.45) is 0 Å². The van der Waals surface area contributed by atoms with Crippen molar-refractivity contribution in [3.8, 4) is 0 Å². The van der Waals surface area contributed by atoms with Gasteiger partial charge in [-0.3, -0.25) is 0 Å². The van der Waals surface area contributed by atoms with E-state index in [1.165, 1.54) is 0 Å². The second kappa shape index (κ2) is 8.42. The standard InChI is InChI=1S/C14H32O4Si3/c1-10-12(16-13(15)11(2)3)19-14(17-20(4,5)6)18-21(7,8)9/h12,14H,2,10,19H2,1,3-9H3. The van der Waals surface area contributed by atoms with Gasteiger partial charge in [-0.05, 0) is 52.6 Å². The highest BCUT2D eigenvalue weighted by molar-refractivity contribution is 6.71. The topological polar surface area (TPSA) is 44.8 Å². The molecule has 0 N–H and O–H groups in total.